The molecule has 8 heteroatoms. The summed E-state index contributed by atoms with van der Waals surface area (Å²) in [6, 6.07) is 0. The summed E-state index contributed by atoms with van der Waals surface area (Å²) in [4.78, 5) is 12.1. The SMILES string of the molecule is CN(C)S(=O)(=O)N1CCC(C(=O)NCC2CCCO2)CC1. The van der Waals surface area contributed by atoms with E-state index in [2.05, 4.69) is 5.32 Å². The molecule has 0 spiro atoms. The van der Waals surface area contributed by atoms with Crippen LogP contribution in [0.5, 0.6) is 0 Å². The van der Waals surface area contributed by atoms with Crippen LogP contribution in [0.1, 0.15) is 25.7 Å². The minimum atomic E-state index is -3.36. The molecule has 7 nitrogen and oxygen atoms in total. The minimum Gasteiger partial charge on any atom is -0.376 e. The lowest BCUT2D eigenvalue weighted by Gasteiger charge is -2.32. The van der Waals surface area contributed by atoms with Crippen molar-refractivity contribution in [3.8, 4) is 0 Å². The van der Waals surface area contributed by atoms with Crippen LogP contribution in [0.25, 0.3) is 0 Å². The minimum absolute atomic E-state index is 0.0207. The fourth-order valence-corrected chi connectivity index (χ4v) is 3.88. The number of hydrogen-bond donors (Lipinski definition) is 1. The molecule has 1 amide bonds. The maximum absolute atomic E-state index is 12.1. The number of nitrogens with zero attached hydrogens (tertiary/aromatic N) is 2. The third-order valence-corrected chi connectivity index (χ3v) is 6.08. The highest BCUT2D eigenvalue weighted by Crippen LogP contribution is 2.21. The van der Waals surface area contributed by atoms with Gasteiger partial charge in [0.05, 0.1) is 6.10 Å². The van der Waals surface area contributed by atoms with Crippen molar-refractivity contribution < 1.29 is 17.9 Å². The van der Waals surface area contributed by atoms with E-state index in [1.54, 1.807) is 0 Å². The average molecular weight is 319 g/mol. The third kappa shape index (κ3) is 4.15. The Labute approximate surface area is 126 Å². The van der Waals surface area contributed by atoms with Gasteiger partial charge in [0, 0.05) is 46.3 Å². The molecule has 2 saturated heterocycles. The molecule has 1 N–H and O–H groups in total. The van der Waals surface area contributed by atoms with Gasteiger partial charge in [-0.1, -0.05) is 0 Å². The van der Waals surface area contributed by atoms with Crippen LogP contribution in [0.15, 0.2) is 0 Å². The van der Waals surface area contributed by atoms with Gasteiger partial charge in [0.1, 0.15) is 0 Å². The molecule has 2 aliphatic heterocycles. The second-order valence-electron chi connectivity index (χ2n) is 5.84. The maximum atomic E-state index is 12.1. The molecule has 1 atom stereocenters. The van der Waals surface area contributed by atoms with Crippen LogP contribution in [0, 0.1) is 5.92 Å². The summed E-state index contributed by atoms with van der Waals surface area (Å²) in [6.07, 6.45) is 3.35. The fraction of sp³-hybridized carbons (Fsp3) is 0.923. The topological polar surface area (TPSA) is 79.0 Å². The highest BCUT2D eigenvalue weighted by molar-refractivity contribution is 7.86. The molecule has 1 unspecified atom stereocenters. The van der Waals surface area contributed by atoms with Gasteiger partial charge in [-0.25, -0.2) is 0 Å². The number of piperidine rings is 1. The van der Waals surface area contributed by atoms with Crippen LogP contribution in [0.3, 0.4) is 0 Å². The quantitative estimate of drug-likeness (QED) is 0.761. The van der Waals surface area contributed by atoms with Crippen LogP contribution in [-0.4, -0.2) is 69.4 Å². The number of rotatable bonds is 5. The Hall–Kier alpha value is -0.700. The van der Waals surface area contributed by atoms with E-state index < -0.39 is 10.2 Å². The van der Waals surface area contributed by atoms with Gasteiger partial charge in [-0.3, -0.25) is 4.79 Å². The van der Waals surface area contributed by atoms with Gasteiger partial charge in [0.15, 0.2) is 0 Å². The van der Waals surface area contributed by atoms with Crippen LogP contribution < -0.4 is 5.32 Å². The molecule has 21 heavy (non-hydrogen) atoms. The summed E-state index contributed by atoms with van der Waals surface area (Å²) in [6.45, 7) is 2.15. The van der Waals surface area contributed by atoms with Gasteiger partial charge >= 0.3 is 0 Å². The molecule has 0 aromatic heterocycles. The van der Waals surface area contributed by atoms with Crippen molar-refractivity contribution in [1.82, 2.24) is 13.9 Å². The zero-order valence-corrected chi connectivity index (χ0v) is 13.6. The number of amides is 1. The monoisotopic (exact) mass is 319 g/mol. The molecule has 2 heterocycles. The largest absolute Gasteiger partial charge is 0.376 e. The van der Waals surface area contributed by atoms with E-state index in [1.807, 2.05) is 0 Å². The molecule has 0 saturated carbocycles. The summed E-state index contributed by atoms with van der Waals surface area (Å²) in [5.74, 6) is -0.0765. The van der Waals surface area contributed by atoms with Gasteiger partial charge in [-0.2, -0.15) is 17.0 Å². The molecule has 122 valence electrons. The lowest BCUT2D eigenvalue weighted by molar-refractivity contribution is -0.126. The molecule has 2 fully saturated rings. The van der Waals surface area contributed by atoms with Gasteiger partial charge in [-0.15, -0.1) is 0 Å². The van der Waals surface area contributed by atoms with Gasteiger partial charge < -0.3 is 10.1 Å². The number of ether oxygens (including phenoxy) is 1. The van der Waals surface area contributed by atoms with Crippen molar-refractivity contribution in [3.63, 3.8) is 0 Å². The molecule has 2 aliphatic rings. The van der Waals surface area contributed by atoms with Gasteiger partial charge in [-0.05, 0) is 25.7 Å². The predicted octanol–water partition coefficient (Wildman–Crippen LogP) is -0.200. The Morgan fingerprint density at radius 3 is 2.48 bits per heavy atom. The van der Waals surface area contributed by atoms with Crippen molar-refractivity contribution in [2.45, 2.75) is 31.8 Å². The Morgan fingerprint density at radius 1 is 1.29 bits per heavy atom. The average Bonchev–Trinajstić information content (AvgIpc) is 2.98. The van der Waals surface area contributed by atoms with Crippen molar-refractivity contribution in [3.05, 3.63) is 0 Å². The van der Waals surface area contributed by atoms with Crippen LogP contribution in [-0.2, 0) is 19.7 Å². The zero-order chi connectivity index (χ0) is 15.5. The lowest BCUT2D eigenvalue weighted by Crippen LogP contribution is -2.47. The Balaban J connectivity index is 1.76. The summed E-state index contributed by atoms with van der Waals surface area (Å²) in [5, 5.41) is 2.93. The standard InChI is InChI=1S/C13H25N3O4S/c1-15(2)21(18,19)16-7-5-11(6-8-16)13(17)14-10-12-4-3-9-20-12/h11-12H,3-10H2,1-2H3,(H,14,17). The first-order chi connectivity index (χ1) is 9.91. The van der Waals surface area contributed by atoms with Crippen LogP contribution in [0.4, 0.5) is 0 Å². The van der Waals surface area contributed by atoms with Gasteiger partial charge in [0.2, 0.25) is 5.91 Å². The van der Waals surface area contributed by atoms with Crippen molar-refractivity contribution in [2.75, 3.05) is 40.3 Å². The first-order valence-corrected chi connectivity index (χ1v) is 8.88. The predicted molar refractivity (Wildman–Crippen MR) is 78.9 cm³/mol. The zero-order valence-electron chi connectivity index (χ0n) is 12.7. The van der Waals surface area contributed by atoms with E-state index in [9.17, 15) is 13.2 Å². The van der Waals surface area contributed by atoms with Gasteiger partial charge in [0.25, 0.3) is 10.2 Å². The first-order valence-electron chi connectivity index (χ1n) is 7.48. The van der Waals surface area contributed by atoms with Crippen molar-refractivity contribution >= 4 is 16.1 Å². The second-order valence-corrected chi connectivity index (χ2v) is 7.99. The molecule has 0 aromatic carbocycles. The van der Waals surface area contributed by atoms with Crippen molar-refractivity contribution in [2.24, 2.45) is 5.92 Å². The van der Waals surface area contributed by atoms with Crippen LogP contribution in [0.2, 0.25) is 0 Å². The van der Waals surface area contributed by atoms with Crippen molar-refractivity contribution in [1.29, 1.82) is 0 Å². The molecular formula is C13H25N3O4S. The molecule has 0 aromatic rings. The van der Waals surface area contributed by atoms with E-state index >= 15 is 0 Å². The van der Waals surface area contributed by atoms with Crippen LogP contribution >= 0.6 is 0 Å². The van der Waals surface area contributed by atoms with E-state index in [1.165, 1.54) is 22.7 Å². The lowest BCUT2D eigenvalue weighted by atomic mass is 9.97. The maximum Gasteiger partial charge on any atom is 0.281 e. The van der Waals surface area contributed by atoms with E-state index in [-0.39, 0.29) is 17.9 Å². The summed E-state index contributed by atoms with van der Waals surface area (Å²) in [5.41, 5.74) is 0. The number of hydrogen-bond acceptors (Lipinski definition) is 4. The number of nitrogens with one attached hydrogen (secondary N) is 1. The molecule has 2 rings (SSSR count). The van der Waals surface area contributed by atoms with E-state index in [4.69, 9.17) is 4.74 Å². The van der Waals surface area contributed by atoms with E-state index in [0.717, 1.165) is 19.4 Å². The summed E-state index contributed by atoms with van der Waals surface area (Å²) >= 11 is 0. The fourth-order valence-electron chi connectivity index (χ4n) is 2.74. The summed E-state index contributed by atoms with van der Waals surface area (Å²) in [7, 11) is -0.312. The molecule has 0 aliphatic carbocycles. The highest BCUT2D eigenvalue weighted by atomic mass is 32.2. The first kappa shape index (κ1) is 16.7. The Kier molecular flexibility index (Phi) is 5.59. The Bertz CT molecular complexity index is 452. The highest BCUT2D eigenvalue weighted by Gasteiger charge is 2.32. The van der Waals surface area contributed by atoms with E-state index in [0.29, 0.717) is 32.5 Å². The second kappa shape index (κ2) is 7.04. The third-order valence-electron chi connectivity index (χ3n) is 4.14. The number of carbonyl (C=O) groups excluding carboxylic acids is 1. The number of carbonyl (C=O) groups is 1. The summed E-state index contributed by atoms with van der Waals surface area (Å²) < 4.78 is 32.1. The normalized spacial score (nSPS) is 25.4. The Morgan fingerprint density at radius 2 is 1.95 bits per heavy atom. The molecule has 0 bridgehead atoms. The molecular weight excluding hydrogens is 294 g/mol. The molecule has 0 radical (unpaired) electrons. The smallest absolute Gasteiger partial charge is 0.281 e.